The number of allylic oxidation sites excluding steroid dienone is 1. The zero-order valence-corrected chi connectivity index (χ0v) is 9.56. The molecule has 0 aliphatic heterocycles. The van der Waals surface area contributed by atoms with Gasteiger partial charge in [-0.1, -0.05) is 42.5 Å². The standard InChI is InChI=1S/C14H19N/c1-15(2)14-11-7-6-10-13(14)12-8-4-3-5-9-12/h3-5,7-9,11,13-14H,6,10H2,1-2H3/t13-,14+/m0/s1. The van der Waals surface area contributed by atoms with Gasteiger partial charge in [0, 0.05) is 12.0 Å². The number of hydrogen-bond acceptors (Lipinski definition) is 1. The Morgan fingerprint density at radius 1 is 1.13 bits per heavy atom. The topological polar surface area (TPSA) is 3.24 Å². The van der Waals surface area contributed by atoms with Crippen LogP contribution in [0.5, 0.6) is 0 Å². The molecule has 2 atom stereocenters. The Balaban J connectivity index is 2.24. The predicted molar refractivity (Wildman–Crippen MR) is 65.0 cm³/mol. The molecule has 1 aliphatic carbocycles. The molecule has 0 heterocycles. The van der Waals surface area contributed by atoms with Crippen molar-refractivity contribution < 1.29 is 0 Å². The lowest BCUT2D eigenvalue weighted by Gasteiger charge is -2.33. The van der Waals surface area contributed by atoms with Crippen molar-refractivity contribution in [3.05, 3.63) is 48.0 Å². The zero-order valence-electron chi connectivity index (χ0n) is 9.56. The summed E-state index contributed by atoms with van der Waals surface area (Å²) in [4.78, 5) is 2.31. The fourth-order valence-electron chi connectivity index (χ4n) is 2.41. The van der Waals surface area contributed by atoms with Crippen LogP contribution in [0.2, 0.25) is 0 Å². The van der Waals surface area contributed by atoms with Crippen LogP contribution in [0.3, 0.4) is 0 Å². The van der Waals surface area contributed by atoms with Gasteiger partial charge < -0.3 is 4.90 Å². The van der Waals surface area contributed by atoms with E-state index in [0.717, 1.165) is 0 Å². The average Bonchev–Trinajstić information content (AvgIpc) is 2.30. The molecule has 15 heavy (non-hydrogen) atoms. The third-order valence-electron chi connectivity index (χ3n) is 3.21. The van der Waals surface area contributed by atoms with Gasteiger partial charge in [-0.05, 0) is 32.5 Å². The summed E-state index contributed by atoms with van der Waals surface area (Å²) in [5.41, 5.74) is 1.47. The second-order valence-corrected chi connectivity index (χ2v) is 4.48. The molecule has 2 rings (SSSR count). The number of likely N-dealkylation sites (N-methyl/N-ethyl adjacent to an activating group) is 1. The van der Waals surface area contributed by atoms with Gasteiger partial charge in [-0.2, -0.15) is 0 Å². The van der Waals surface area contributed by atoms with Crippen molar-refractivity contribution >= 4 is 0 Å². The Kier molecular flexibility index (Phi) is 3.22. The van der Waals surface area contributed by atoms with Crippen LogP contribution in [-0.2, 0) is 0 Å². The van der Waals surface area contributed by atoms with Gasteiger partial charge in [-0.25, -0.2) is 0 Å². The molecule has 1 nitrogen and oxygen atoms in total. The molecule has 0 amide bonds. The first-order valence-electron chi connectivity index (χ1n) is 5.67. The van der Waals surface area contributed by atoms with Crippen molar-refractivity contribution in [3.8, 4) is 0 Å². The molecule has 0 saturated carbocycles. The maximum atomic E-state index is 2.35. The van der Waals surface area contributed by atoms with E-state index in [-0.39, 0.29) is 0 Å². The van der Waals surface area contributed by atoms with Crippen LogP contribution in [0.1, 0.15) is 24.3 Å². The maximum Gasteiger partial charge on any atom is 0.0340 e. The number of hydrogen-bond donors (Lipinski definition) is 0. The molecule has 0 radical (unpaired) electrons. The van der Waals surface area contributed by atoms with Gasteiger partial charge in [-0.3, -0.25) is 0 Å². The van der Waals surface area contributed by atoms with Crippen LogP contribution in [0.15, 0.2) is 42.5 Å². The van der Waals surface area contributed by atoms with Gasteiger partial charge in [0.05, 0.1) is 0 Å². The highest BCUT2D eigenvalue weighted by molar-refractivity contribution is 5.25. The molecule has 1 aromatic carbocycles. The first kappa shape index (κ1) is 10.4. The number of rotatable bonds is 2. The van der Waals surface area contributed by atoms with Crippen molar-refractivity contribution in [2.24, 2.45) is 0 Å². The average molecular weight is 201 g/mol. The first-order chi connectivity index (χ1) is 7.29. The van der Waals surface area contributed by atoms with Gasteiger partial charge in [0.2, 0.25) is 0 Å². The molecule has 0 unspecified atom stereocenters. The Hall–Kier alpha value is -1.08. The van der Waals surface area contributed by atoms with Crippen molar-refractivity contribution in [1.29, 1.82) is 0 Å². The van der Waals surface area contributed by atoms with E-state index in [9.17, 15) is 0 Å². The molecule has 0 N–H and O–H groups in total. The second-order valence-electron chi connectivity index (χ2n) is 4.48. The molecule has 80 valence electrons. The van der Waals surface area contributed by atoms with Crippen molar-refractivity contribution in [3.63, 3.8) is 0 Å². The SMILES string of the molecule is CN(C)[C@@H]1C=CCC[C@H]1c1ccccc1. The van der Waals surface area contributed by atoms with Gasteiger partial charge >= 0.3 is 0 Å². The summed E-state index contributed by atoms with van der Waals surface area (Å²) in [6.07, 6.45) is 7.14. The summed E-state index contributed by atoms with van der Waals surface area (Å²) in [5.74, 6) is 0.659. The molecule has 1 aliphatic rings. The lowest BCUT2D eigenvalue weighted by Crippen LogP contribution is -2.33. The molecule has 0 spiro atoms. The Labute approximate surface area is 92.4 Å². The predicted octanol–water partition coefficient (Wildman–Crippen LogP) is 3.05. The third-order valence-corrected chi connectivity index (χ3v) is 3.21. The zero-order chi connectivity index (χ0) is 10.7. The summed E-state index contributed by atoms with van der Waals surface area (Å²) in [6.45, 7) is 0. The van der Waals surface area contributed by atoms with E-state index >= 15 is 0 Å². The van der Waals surface area contributed by atoms with Crippen molar-refractivity contribution in [1.82, 2.24) is 4.90 Å². The Bertz CT molecular complexity index is 326. The third kappa shape index (κ3) is 2.29. The van der Waals surface area contributed by atoms with E-state index in [1.54, 1.807) is 0 Å². The highest BCUT2D eigenvalue weighted by Crippen LogP contribution is 2.31. The number of nitrogens with zero attached hydrogens (tertiary/aromatic N) is 1. The minimum absolute atomic E-state index is 0.557. The van der Waals surface area contributed by atoms with Crippen LogP contribution in [-0.4, -0.2) is 25.0 Å². The second kappa shape index (κ2) is 4.63. The van der Waals surface area contributed by atoms with Gasteiger partial charge in [0.1, 0.15) is 0 Å². The molecule has 0 aromatic heterocycles. The summed E-state index contributed by atoms with van der Waals surface area (Å²) >= 11 is 0. The summed E-state index contributed by atoms with van der Waals surface area (Å²) in [7, 11) is 4.33. The van der Waals surface area contributed by atoms with Crippen LogP contribution >= 0.6 is 0 Å². The Morgan fingerprint density at radius 3 is 2.53 bits per heavy atom. The summed E-state index contributed by atoms with van der Waals surface area (Å²) in [6, 6.07) is 11.4. The minimum atomic E-state index is 0.557. The molecular formula is C14H19N. The Morgan fingerprint density at radius 2 is 1.87 bits per heavy atom. The van der Waals surface area contributed by atoms with Crippen LogP contribution in [0, 0.1) is 0 Å². The smallest absolute Gasteiger partial charge is 0.0340 e. The fraction of sp³-hybridized carbons (Fsp3) is 0.429. The van der Waals surface area contributed by atoms with E-state index in [2.05, 4.69) is 61.5 Å². The van der Waals surface area contributed by atoms with Crippen LogP contribution in [0.25, 0.3) is 0 Å². The van der Waals surface area contributed by atoms with Crippen LogP contribution < -0.4 is 0 Å². The van der Waals surface area contributed by atoms with Crippen LogP contribution in [0.4, 0.5) is 0 Å². The summed E-state index contributed by atoms with van der Waals surface area (Å²) < 4.78 is 0. The molecule has 1 heteroatoms. The van der Waals surface area contributed by atoms with Gasteiger partial charge in [0.15, 0.2) is 0 Å². The normalized spacial score (nSPS) is 25.8. The van der Waals surface area contributed by atoms with E-state index in [1.807, 2.05) is 0 Å². The largest absolute Gasteiger partial charge is 0.302 e. The van der Waals surface area contributed by atoms with Crippen molar-refractivity contribution in [2.45, 2.75) is 24.8 Å². The van der Waals surface area contributed by atoms with E-state index in [0.29, 0.717) is 12.0 Å². The first-order valence-corrected chi connectivity index (χ1v) is 5.67. The summed E-state index contributed by atoms with van der Waals surface area (Å²) in [5, 5.41) is 0. The highest BCUT2D eigenvalue weighted by atomic mass is 15.1. The lowest BCUT2D eigenvalue weighted by molar-refractivity contribution is 0.285. The lowest BCUT2D eigenvalue weighted by atomic mass is 9.83. The molecule has 0 saturated heterocycles. The minimum Gasteiger partial charge on any atom is -0.302 e. The van der Waals surface area contributed by atoms with E-state index in [4.69, 9.17) is 0 Å². The van der Waals surface area contributed by atoms with Crippen molar-refractivity contribution in [2.75, 3.05) is 14.1 Å². The molecule has 0 fully saturated rings. The molecule has 1 aromatic rings. The highest BCUT2D eigenvalue weighted by Gasteiger charge is 2.24. The monoisotopic (exact) mass is 201 g/mol. The molecule has 0 bridgehead atoms. The van der Waals surface area contributed by atoms with Gasteiger partial charge in [0.25, 0.3) is 0 Å². The van der Waals surface area contributed by atoms with E-state index in [1.165, 1.54) is 18.4 Å². The van der Waals surface area contributed by atoms with Gasteiger partial charge in [-0.15, -0.1) is 0 Å². The number of benzene rings is 1. The van der Waals surface area contributed by atoms with E-state index < -0.39 is 0 Å². The molecular weight excluding hydrogens is 182 g/mol. The maximum absolute atomic E-state index is 2.35. The fourth-order valence-corrected chi connectivity index (χ4v) is 2.41. The quantitative estimate of drug-likeness (QED) is 0.665.